The summed E-state index contributed by atoms with van der Waals surface area (Å²) in [5.41, 5.74) is 1.65. The highest BCUT2D eigenvalue weighted by molar-refractivity contribution is 6.29. The Morgan fingerprint density at radius 2 is 2.32 bits per heavy atom. The van der Waals surface area contributed by atoms with Gasteiger partial charge in [-0.15, -0.1) is 5.10 Å². The fourth-order valence-electron chi connectivity index (χ4n) is 1.90. The first-order valence-corrected chi connectivity index (χ1v) is 6.40. The zero-order chi connectivity index (χ0) is 13.1. The van der Waals surface area contributed by atoms with E-state index in [2.05, 4.69) is 15.3 Å². The van der Waals surface area contributed by atoms with Crippen LogP contribution in [0.1, 0.15) is 0 Å². The molecule has 2 aromatic rings. The van der Waals surface area contributed by atoms with Crippen molar-refractivity contribution in [3.8, 4) is 11.3 Å². The Bertz CT molecular complexity index is 537. The summed E-state index contributed by atoms with van der Waals surface area (Å²) in [6.07, 6.45) is 3.58. The first-order chi connectivity index (χ1) is 9.31. The van der Waals surface area contributed by atoms with Crippen molar-refractivity contribution < 1.29 is 9.47 Å². The molecule has 0 unspecified atom stereocenters. The van der Waals surface area contributed by atoms with Crippen molar-refractivity contribution in [2.45, 2.75) is 12.6 Å². The quantitative estimate of drug-likeness (QED) is 0.796. The van der Waals surface area contributed by atoms with Gasteiger partial charge in [0, 0.05) is 11.8 Å². The molecule has 1 aliphatic rings. The van der Waals surface area contributed by atoms with Gasteiger partial charge in [0.25, 0.3) is 0 Å². The highest BCUT2D eigenvalue weighted by Gasteiger charge is 2.16. The molecule has 3 rings (SSSR count). The highest BCUT2D eigenvalue weighted by atomic mass is 35.5. The van der Waals surface area contributed by atoms with E-state index in [-0.39, 0.29) is 6.10 Å². The van der Waals surface area contributed by atoms with Gasteiger partial charge in [-0.1, -0.05) is 16.8 Å². The molecule has 6 nitrogen and oxygen atoms in total. The van der Waals surface area contributed by atoms with Gasteiger partial charge < -0.3 is 9.47 Å². The van der Waals surface area contributed by atoms with Crippen LogP contribution in [0.4, 0.5) is 0 Å². The molecule has 1 saturated heterocycles. The lowest BCUT2D eigenvalue weighted by Crippen LogP contribution is -2.32. The van der Waals surface area contributed by atoms with Gasteiger partial charge in [0.2, 0.25) is 0 Å². The van der Waals surface area contributed by atoms with Crippen LogP contribution < -0.4 is 0 Å². The molecule has 1 aliphatic heterocycles. The van der Waals surface area contributed by atoms with Gasteiger partial charge in [0.05, 0.1) is 32.6 Å². The number of hydrogen-bond donors (Lipinski definition) is 0. The van der Waals surface area contributed by atoms with Crippen molar-refractivity contribution in [3.05, 3.63) is 29.7 Å². The van der Waals surface area contributed by atoms with Gasteiger partial charge >= 0.3 is 0 Å². The molecule has 0 N–H and O–H groups in total. The Morgan fingerprint density at radius 1 is 1.37 bits per heavy atom. The fraction of sp³-hybridized carbons (Fsp3) is 0.417. The van der Waals surface area contributed by atoms with Crippen LogP contribution in [0.25, 0.3) is 11.3 Å². The average molecular weight is 281 g/mol. The van der Waals surface area contributed by atoms with Crippen LogP contribution in [0.3, 0.4) is 0 Å². The molecular weight excluding hydrogens is 268 g/mol. The van der Waals surface area contributed by atoms with Crippen molar-refractivity contribution in [1.29, 1.82) is 0 Å². The first-order valence-electron chi connectivity index (χ1n) is 6.03. The normalized spacial score (nSPS) is 19.5. The third kappa shape index (κ3) is 3.09. The Morgan fingerprint density at radius 3 is 3.05 bits per heavy atom. The van der Waals surface area contributed by atoms with Crippen LogP contribution in [-0.4, -0.2) is 45.9 Å². The summed E-state index contributed by atoms with van der Waals surface area (Å²) in [4.78, 5) is 4.02. The van der Waals surface area contributed by atoms with Crippen molar-refractivity contribution in [1.82, 2.24) is 20.0 Å². The molecule has 3 heterocycles. The van der Waals surface area contributed by atoms with E-state index in [0.717, 1.165) is 11.3 Å². The summed E-state index contributed by atoms with van der Waals surface area (Å²) in [6.45, 7) is 2.52. The summed E-state index contributed by atoms with van der Waals surface area (Å²) in [6, 6.07) is 3.60. The molecule has 0 amide bonds. The number of pyridine rings is 1. The van der Waals surface area contributed by atoms with Crippen molar-refractivity contribution in [2.24, 2.45) is 0 Å². The fourth-order valence-corrected chi connectivity index (χ4v) is 2.01. The lowest BCUT2D eigenvalue weighted by Gasteiger charge is -2.22. The molecule has 100 valence electrons. The summed E-state index contributed by atoms with van der Waals surface area (Å²) in [7, 11) is 0. The summed E-state index contributed by atoms with van der Waals surface area (Å²) in [5.74, 6) is 0. The average Bonchev–Trinajstić information content (AvgIpc) is 2.89. The SMILES string of the molecule is Clc1ccc(-c2cn(C[C@H]3COCCO3)nn2)cn1. The molecule has 2 aromatic heterocycles. The largest absolute Gasteiger partial charge is 0.376 e. The number of ether oxygens (including phenoxy) is 2. The minimum absolute atomic E-state index is 0.0339. The van der Waals surface area contributed by atoms with Crippen LogP contribution >= 0.6 is 11.6 Å². The molecule has 1 fully saturated rings. The van der Waals surface area contributed by atoms with Gasteiger partial charge in [-0.25, -0.2) is 9.67 Å². The molecule has 0 aromatic carbocycles. The van der Waals surface area contributed by atoms with E-state index in [0.29, 0.717) is 31.5 Å². The molecule has 7 heteroatoms. The van der Waals surface area contributed by atoms with Crippen molar-refractivity contribution >= 4 is 11.6 Å². The second kappa shape index (κ2) is 5.64. The molecule has 0 aliphatic carbocycles. The smallest absolute Gasteiger partial charge is 0.129 e. The Balaban J connectivity index is 1.70. The topological polar surface area (TPSA) is 62.1 Å². The standard InChI is InChI=1S/C12H13ClN4O2/c13-12-2-1-9(5-14-12)11-7-17(16-15-11)6-10-8-18-3-4-19-10/h1-2,5,7,10H,3-4,6,8H2/t10-/m0/s1. The first kappa shape index (κ1) is 12.5. The highest BCUT2D eigenvalue weighted by Crippen LogP contribution is 2.17. The van der Waals surface area contributed by atoms with Crippen LogP contribution in [0.5, 0.6) is 0 Å². The molecule has 0 spiro atoms. The number of nitrogens with zero attached hydrogens (tertiary/aromatic N) is 4. The summed E-state index contributed by atoms with van der Waals surface area (Å²) >= 11 is 5.75. The van der Waals surface area contributed by atoms with E-state index >= 15 is 0 Å². The molecule has 1 atom stereocenters. The maximum absolute atomic E-state index is 5.75. The third-order valence-corrected chi connectivity index (χ3v) is 3.06. The molecule has 19 heavy (non-hydrogen) atoms. The lowest BCUT2D eigenvalue weighted by molar-refractivity contribution is -0.0947. The monoisotopic (exact) mass is 280 g/mol. The second-order valence-electron chi connectivity index (χ2n) is 4.26. The van der Waals surface area contributed by atoms with Crippen LogP contribution in [0.15, 0.2) is 24.5 Å². The number of aromatic nitrogens is 4. The third-order valence-electron chi connectivity index (χ3n) is 2.84. The molecule has 0 radical (unpaired) electrons. The van der Waals surface area contributed by atoms with Crippen LogP contribution in [0.2, 0.25) is 5.15 Å². The lowest BCUT2D eigenvalue weighted by atomic mass is 10.2. The van der Waals surface area contributed by atoms with Gasteiger partial charge in [0.1, 0.15) is 17.0 Å². The molecule has 0 bridgehead atoms. The van der Waals surface area contributed by atoms with Gasteiger partial charge in [-0.3, -0.25) is 0 Å². The van der Waals surface area contributed by atoms with E-state index < -0.39 is 0 Å². The Kier molecular flexibility index (Phi) is 3.72. The van der Waals surface area contributed by atoms with Crippen LogP contribution in [0, 0.1) is 0 Å². The maximum atomic E-state index is 5.75. The van der Waals surface area contributed by atoms with Gasteiger partial charge in [0.15, 0.2) is 0 Å². The van der Waals surface area contributed by atoms with E-state index in [1.807, 2.05) is 12.3 Å². The molecule has 0 saturated carbocycles. The maximum Gasteiger partial charge on any atom is 0.129 e. The van der Waals surface area contributed by atoms with Gasteiger partial charge in [-0.05, 0) is 12.1 Å². The number of halogens is 1. The second-order valence-corrected chi connectivity index (χ2v) is 4.65. The van der Waals surface area contributed by atoms with E-state index in [4.69, 9.17) is 21.1 Å². The number of rotatable bonds is 3. The van der Waals surface area contributed by atoms with E-state index in [1.165, 1.54) is 0 Å². The minimum atomic E-state index is 0.0339. The zero-order valence-electron chi connectivity index (χ0n) is 10.2. The number of hydrogen-bond acceptors (Lipinski definition) is 5. The van der Waals surface area contributed by atoms with Crippen LogP contribution in [-0.2, 0) is 16.0 Å². The van der Waals surface area contributed by atoms with Crippen molar-refractivity contribution in [3.63, 3.8) is 0 Å². The minimum Gasteiger partial charge on any atom is -0.376 e. The van der Waals surface area contributed by atoms with Crippen molar-refractivity contribution in [2.75, 3.05) is 19.8 Å². The Hall–Kier alpha value is -1.50. The van der Waals surface area contributed by atoms with E-state index in [1.54, 1.807) is 16.9 Å². The molecular formula is C12H13ClN4O2. The summed E-state index contributed by atoms with van der Waals surface area (Å²) < 4.78 is 12.7. The Labute approximate surface area is 115 Å². The van der Waals surface area contributed by atoms with Gasteiger partial charge in [-0.2, -0.15) is 0 Å². The zero-order valence-corrected chi connectivity index (χ0v) is 11.0. The van der Waals surface area contributed by atoms with E-state index in [9.17, 15) is 0 Å². The predicted molar refractivity (Wildman–Crippen MR) is 68.8 cm³/mol. The predicted octanol–water partition coefficient (Wildman–Crippen LogP) is 1.41. The summed E-state index contributed by atoms with van der Waals surface area (Å²) in [5, 5.41) is 8.66.